The lowest BCUT2D eigenvalue weighted by molar-refractivity contribution is -0.118. The smallest absolute Gasteiger partial charge is 0.230 e. The number of thiazole rings is 4. The summed E-state index contributed by atoms with van der Waals surface area (Å²) in [5.41, 5.74) is 22.7. The number of para-hydroxylation sites is 1. The molecule has 708 valence electrons. The van der Waals surface area contributed by atoms with E-state index in [0.717, 1.165) is 194 Å². The minimum Gasteiger partial charge on any atom is -0.497 e. The normalized spacial score (nSPS) is 11.5. The molecule has 0 atom stereocenters. The second kappa shape index (κ2) is 47.2. The van der Waals surface area contributed by atoms with Crippen LogP contribution in [0.1, 0.15) is 63.5 Å². The van der Waals surface area contributed by atoms with Gasteiger partial charge >= 0.3 is 0 Å². The number of pyridine rings is 6. The summed E-state index contributed by atoms with van der Waals surface area (Å²) in [7, 11) is 6.54. The summed E-state index contributed by atoms with van der Waals surface area (Å²) in [6.07, 6.45) is 18.2. The quantitative estimate of drug-likeness (QED) is 0.0391. The van der Waals surface area contributed by atoms with E-state index in [1.54, 1.807) is 70.8 Å². The molecule has 1 aliphatic rings. The van der Waals surface area contributed by atoms with Gasteiger partial charge in [-0.05, 0) is 245 Å². The highest BCUT2D eigenvalue weighted by Gasteiger charge is 2.20. The first-order valence-electron chi connectivity index (χ1n) is 46.1. The van der Waals surface area contributed by atoms with Crippen molar-refractivity contribution in [3.05, 3.63) is 379 Å². The monoisotopic (exact) mass is 1950 g/mol. The number of anilines is 5. The molecule has 1 saturated heterocycles. The summed E-state index contributed by atoms with van der Waals surface area (Å²) < 4.78 is 24.9. The fourth-order valence-electron chi connectivity index (χ4n) is 16.0. The molecule has 11 heterocycles. The van der Waals surface area contributed by atoms with Crippen molar-refractivity contribution in [1.29, 1.82) is 0 Å². The van der Waals surface area contributed by atoms with Gasteiger partial charge in [-0.15, -0.1) is 11.3 Å². The molecule has 10 aromatic carbocycles. The Morgan fingerprint density at radius 1 is 0.317 bits per heavy atom. The Kier molecular flexibility index (Phi) is 32.3. The predicted molar refractivity (Wildman–Crippen MR) is 572 cm³/mol. The zero-order chi connectivity index (χ0) is 98.1. The SMILES string of the molecule is COc1ccc2nc(CC(=O)Cc3ccc(-c4ccnc5ccccc45)cc3)sc2c1.COc1ccc2nc(NC(=O)Cc3ccc(-c4ccnc(C)c4)cc3)sc2c1.COc1ccc2nc(NC(=O)Cc3ccc(-c4ccncc4)cc3)sc2c1.COc1ccc2nc(NC(=O)Cc3ccc(N4CCCCC4)nc3)sc2c1.Cc1cc(-c2ccc(CC(=O)Nc3ccc(-c4ccccc4)nc3)cc2)ccn1. The summed E-state index contributed by atoms with van der Waals surface area (Å²) in [5, 5.41) is 15.3. The van der Waals surface area contributed by atoms with Crippen molar-refractivity contribution in [2.24, 2.45) is 0 Å². The van der Waals surface area contributed by atoms with Crippen molar-refractivity contribution in [3.63, 3.8) is 0 Å². The van der Waals surface area contributed by atoms with Crippen LogP contribution in [0, 0.1) is 13.8 Å². The van der Waals surface area contributed by atoms with E-state index in [2.05, 4.69) is 94.2 Å². The number of carbonyl (C=O) groups is 5. The Hall–Kier alpha value is -16.5. The Labute approximate surface area is 837 Å². The number of carbonyl (C=O) groups excluding carboxylic acids is 5. The number of rotatable bonds is 26. The average Bonchev–Trinajstić information content (AvgIpc) is 1.28. The number of ether oxygens (including phenoxy) is 4. The summed E-state index contributed by atoms with van der Waals surface area (Å²) in [6, 6.07) is 94.9. The number of hydrogen-bond donors (Lipinski definition) is 4. The minimum absolute atomic E-state index is 0.0632. The summed E-state index contributed by atoms with van der Waals surface area (Å²) in [4.78, 5) is 108. The molecule has 24 nitrogen and oxygen atoms in total. The molecule has 10 aromatic heterocycles. The van der Waals surface area contributed by atoms with Crippen molar-refractivity contribution in [2.75, 3.05) is 67.7 Å². The summed E-state index contributed by atoms with van der Waals surface area (Å²) in [5.74, 6) is 3.97. The number of piperidine rings is 1. The number of nitrogens with one attached hydrogen (secondary N) is 4. The predicted octanol–water partition coefficient (Wildman–Crippen LogP) is 24.5. The number of nitrogens with zero attached hydrogens (tertiary/aromatic N) is 11. The second-order valence-electron chi connectivity index (χ2n) is 33.4. The van der Waals surface area contributed by atoms with Crippen molar-refractivity contribution in [3.8, 4) is 78.8 Å². The molecule has 0 bridgehead atoms. The number of methoxy groups -OCH3 is 4. The first-order chi connectivity index (χ1) is 69.4. The molecule has 0 spiro atoms. The molecular formula is C114H99N15O9S4. The number of ketones is 1. The van der Waals surface area contributed by atoms with E-state index in [1.807, 2.05) is 299 Å². The van der Waals surface area contributed by atoms with Gasteiger partial charge in [0, 0.05) is 79.0 Å². The third kappa shape index (κ3) is 26.5. The highest BCUT2D eigenvalue weighted by molar-refractivity contribution is 7.23. The highest BCUT2D eigenvalue weighted by atomic mass is 32.1. The van der Waals surface area contributed by atoms with Crippen LogP contribution >= 0.6 is 45.3 Å². The van der Waals surface area contributed by atoms with Crippen molar-refractivity contribution >= 4 is 153 Å². The molecule has 142 heavy (non-hydrogen) atoms. The van der Waals surface area contributed by atoms with E-state index < -0.39 is 0 Å². The van der Waals surface area contributed by atoms with Crippen LogP contribution in [0.5, 0.6) is 23.0 Å². The van der Waals surface area contributed by atoms with E-state index in [9.17, 15) is 24.0 Å². The maximum Gasteiger partial charge on any atom is 0.230 e. The van der Waals surface area contributed by atoms with Crippen molar-refractivity contribution in [2.45, 2.75) is 71.6 Å². The van der Waals surface area contributed by atoms with E-state index in [0.29, 0.717) is 53.2 Å². The molecule has 20 aromatic rings. The molecule has 0 radical (unpaired) electrons. The molecule has 4 amide bonds. The Morgan fingerprint density at radius 3 is 1.20 bits per heavy atom. The third-order valence-corrected chi connectivity index (χ3v) is 27.0. The van der Waals surface area contributed by atoms with E-state index in [-0.39, 0.29) is 35.8 Å². The Bertz CT molecular complexity index is 7760. The standard InChI is InChI=1S/C26H20N2O2S.C25H21N3O.C22H19N3O2S.C21H17N3O2S.C20H22N4O2S/c1-30-20-10-11-24-25(16-20)31-26(28-24)15-19(29)14-17-6-8-18(9-7-17)21-12-13-27-23-5-3-2-4-22(21)23;1-18-15-22(13-14-26-18)20-9-7-19(8-10-20)16-25(29)28-23-11-12-24(27-17-23)21-5-3-2-4-6-21;1-14-11-17(9-10-23-14)16-5-3-15(4-6-16)12-21(26)25-22-24-19-8-7-18(27-2)13-20(19)28-22;1-26-17-6-7-18-19(13-17)27-21(23-18)24-20(25)12-14-2-4-15(5-3-14)16-8-10-22-11-9-16;1-26-15-6-7-16-17(12-15)27-20(22-16)23-19(25)11-14-5-8-18(21-13-14)24-9-3-2-4-10-24/h2-13,16H,14-15H2,1H3;2-15,17H,16H2,1H3,(H,28,29);3-11,13H,12H2,1-2H3,(H,24,25,26);2-11,13H,12H2,1H3,(H,23,24,25);5-8,12-13H,2-4,9-11H2,1H3,(H,22,23,25). The van der Waals surface area contributed by atoms with Crippen LogP contribution in [0.25, 0.3) is 108 Å². The van der Waals surface area contributed by atoms with E-state index >= 15 is 0 Å². The van der Waals surface area contributed by atoms with Gasteiger partial charge < -0.3 is 45.1 Å². The van der Waals surface area contributed by atoms with Crippen molar-refractivity contribution in [1.82, 2.24) is 49.8 Å². The van der Waals surface area contributed by atoms with Crippen LogP contribution in [0.3, 0.4) is 0 Å². The molecule has 4 N–H and O–H groups in total. The lowest BCUT2D eigenvalue weighted by Crippen LogP contribution is -2.30. The van der Waals surface area contributed by atoms with Gasteiger partial charge in [0.1, 0.15) is 39.6 Å². The molecule has 0 aliphatic carbocycles. The van der Waals surface area contributed by atoms with Gasteiger partial charge in [0.2, 0.25) is 23.6 Å². The van der Waals surface area contributed by atoms with Gasteiger partial charge in [0.25, 0.3) is 0 Å². The molecule has 0 unspecified atom stereocenters. The van der Waals surface area contributed by atoms with Crippen LogP contribution in [-0.2, 0) is 62.5 Å². The van der Waals surface area contributed by atoms with E-state index in [1.165, 1.54) is 53.3 Å². The first kappa shape index (κ1) is 97.1. The minimum atomic E-state index is -0.0893. The fraction of sp³-hybridized carbons (Fsp3) is 0.149. The van der Waals surface area contributed by atoms with Gasteiger partial charge in [0.05, 0.1) is 125 Å². The third-order valence-electron chi connectivity index (χ3n) is 23.2. The maximum absolute atomic E-state index is 12.6. The van der Waals surface area contributed by atoms with E-state index in [4.69, 9.17) is 18.9 Å². The topological polar surface area (TPSA) is 303 Å². The van der Waals surface area contributed by atoms with Crippen LogP contribution in [0.15, 0.2) is 335 Å². The van der Waals surface area contributed by atoms with Gasteiger partial charge in [-0.2, -0.15) is 0 Å². The second-order valence-corrected chi connectivity index (χ2v) is 37.6. The number of hydrogen-bond acceptors (Lipinski definition) is 24. The van der Waals surface area contributed by atoms with Gasteiger partial charge in [-0.1, -0.05) is 186 Å². The Morgan fingerprint density at radius 2 is 0.732 bits per heavy atom. The number of Topliss-reactive ketones (excluding diaryl/α,β-unsaturated/α-hetero) is 1. The maximum atomic E-state index is 12.6. The highest BCUT2D eigenvalue weighted by Crippen LogP contribution is 2.36. The lowest BCUT2D eigenvalue weighted by atomic mass is 9.99. The molecular weight excluding hydrogens is 1850 g/mol. The summed E-state index contributed by atoms with van der Waals surface area (Å²) >= 11 is 5.86. The Balaban J connectivity index is 0.000000122. The van der Waals surface area contributed by atoms with Crippen molar-refractivity contribution < 1.29 is 42.9 Å². The number of fused-ring (bicyclic) bond motifs is 5. The largest absolute Gasteiger partial charge is 0.497 e. The van der Waals surface area contributed by atoms with Gasteiger partial charge in [-0.3, -0.25) is 48.9 Å². The van der Waals surface area contributed by atoms with Crippen LogP contribution in [0.4, 0.5) is 26.9 Å². The summed E-state index contributed by atoms with van der Waals surface area (Å²) in [6.45, 7) is 6.08. The number of aryl methyl sites for hydroxylation is 2. The average molecular weight is 1950 g/mol. The molecule has 1 fully saturated rings. The number of aromatic nitrogens is 10. The first-order valence-corrected chi connectivity index (χ1v) is 49.3. The zero-order valence-electron chi connectivity index (χ0n) is 78.8. The molecule has 1 aliphatic heterocycles. The fourth-order valence-corrected chi connectivity index (χ4v) is 19.7. The van der Waals surface area contributed by atoms with Crippen LogP contribution < -0.4 is 45.1 Å². The molecule has 21 rings (SSSR count). The number of benzene rings is 10. The van der Waals surface area contributed by atoms with Gasteiger partial charge in [-0.25, -0.2) is 24.9 Å². The lowest BCUT2D eigenvalue weighted by Gasteiger charge is -2.27. The molecule has 0 saturated carbocycles. The van der Waals surface area contributed by atoms with Gasteiger partial charge in [0.15, 0.2) is 15.4 Å². The van der Waals surface area contributed by atoms with Crippen LogP contribution in [0.2, 0.25) is 0 Å². The van der Waals surface area contributed by atoms with Crippen LogP contribution in [-0.4, -0.2) is 121 Å². The zero-order valence-corrected chi connectivity index (χ0v) is 82.0. The molecule has 28 heteroatoms. The number of amides is 4.